The van der Waals surface area contributed by atoms with Crippen molar-refractivity contribution < 1.29 is 14.3 Å². The van der Waals surface area contributed by atoms with Crippen LogP contribution in [0.2, 0.25) is 0 Å². The lowest BCUT2D eigenvalue weighted by molar-refractivity contribution is -0.146. The normalized spacial score (nSPS) is 22.2. The maximum absolute atomic E-state index is 12.2. The second kappa shape index (κ2) is 7.20. The summed E-state index contributed by atoms with van der Waals surface area (Å²) in [6.07, 6.45) is 2.10. The molecule has 1 saturated heterocycles. The standard InChI is InChI=1S/C16H21NO3/c1-2-20-16(19)14-10-12(8-9-17-14)11-15(18)13-6-4-3-5-7-13/h3-7,12,14,17H,2,8-11H2,1H3. The van der Waals surface area contributed by atoms with Gasteiger partial charge in [-0.1, -0.05) is 30.3 Å². The van der Waals surface area contributed by atoms with Crippen molar-refractivity contribution in [1.29, 1.82) is 0 Å². The number of Topliss-reactive ketones (excluding diaryl/α,β-unsaturated/α-hetero) is 1. The molecule has 1 heterocycles. The molecule has 4 heteroatoms. The van der Waals surface area contributed by atoms with E-state index in [1.54, 1.807) is 6.92 Å². The number of carbonyl (C=O) groups excluding carboxylic acids is 2. The van der Waals surface area contributed by atoms with Gasteiger partial charge >= 0.3 is 5.97 Å². The number of rotatable bonds is 5. The van der Waals surface area contributed by atoms with E-state index in [1.165, 1.54) is 0 Å². The van der Waals surface area contributed by atoms with Crippen molar-refractivity contribution >= 4 is 11.8 Å². The second-order valence-electron chi connectivity index (χ2n) is 5.14. The Balaban J connectivity index is 1.90. The molecule has 1 aromatic rings. The molecule has 20 heavy (non-hydrogen) atoms. The summed E-state index contributed by atoms with van der Waals surface area (Å²) in [4.78, 5) is 23.9. The first-order valence-corrected chi connectivity index (χ1v) is 7.19. The number of piperidine rings is 1. The van der Waals surface area contributed by atoms with Gasteiger partial charge in [0.25, 0.3) is 0 Å². The fourth-order valence-electron chi connectivity index (χ4n) is 2.61. The van der Waals surface area contributed by atoms with Crippen molar-refractivity contribution in [1.82, 2.24) is 5.32 Å². The first-order valence-electron chi connectivity index (χ1n) is 7.19. The SMILES string of the molecule is CCOC(=O)C1CC(CC(=O)c2ccccc2)CCN1. The lowest BCUT2D eigenvalue weighted by atomic mass is 9.87. The van der Waals surface area contributed by atoms with Crippen LogP contribution in [-0.2, 0) is 9.53 Å². The highest BCUT2D eigenvalue weighted by atomic mass is 16.5. The Bertz CT molecular complexity index is 458. The fraction of sp³-hybridized carbons (Fsp3) is 0.500. The monoisotopic (exact) mass is 275 g/mol. The summed E-state index contributed by atoms with van der Waals surface area (Å²) in [7, 11) is 0. The fourth-order valence-corrected chi connectivity index (χ4v) is 2.61. The molecular formula is C16H21NO3. The van der Waals surface area contributed by atoms with Crippen molar-refractivity contribution in [2.75, 3.05) is 13.2 Å². The second-order valence-corrected chi connectivity index (χ2v) is 5.14. The molecule has 0 amide bonds. The summed E-state index contributed by atoms with van der Waals surface area (Å²) >= 11 is 0. The van der Waals surface area contributed by atoms with Gasteiger partial charge < -0.3 is 10.1 Å². The van der Waals surface area contributed by atoms with Gasteiger partial charge in [-0.15, -0.1) is 0 Å². The molecule has 2 rings (SSSR count). The van der Waals surface area contributed by atoms with Gasteiger partial charge in [0.1, 0.15) is 6.04 Å². The van der Waals surface area contributed by atoms with Crippen LogP contribution in [0.15, 0.2) is 30.3 Å². The Kier molecular flexibility index (Phi) is 5.30. The zero-order valence-corrected chi connectivity index (χ0v) is 11.8. The molecule has 1 fully saturated rings. The third kappa shape index (κ3) is 3.90. The van der Waals surface area contributed by atoms with E-state index in [2.05, 4.69) is 5.32 Å². The highest BCUT2D eigenvalue weighted by molar-refractivity contribution is 5.96. The van der Waals surface area contributed by atoms with E-state index in [9.17, 15) is 9.59 Å². The maximum atomic E-state index is 12.2. The predicted octanol–water partition coefficient (Wildman–Crippen LogP) is 2.19. The molecule has 108 valence electrons. The highest BCUT2D eigenvalue weighted by Gasteiger charge is 2.29. The summed E-state index contributed by atoms with van der Waals surface area (Å²) in [6, 6.07) is 9.06. The molecule has 0 aromatic heterocycles. The van der Waals surface area contributed by atoms with Crippen LogP contribution in [0.1, 0.15) is 36.5 Å². The minimum absolute atomic E-state index is 0.153. The Labute approximate surface area is 119 Å². The van der Waals surface area contributed by atoms with E-state index in [0.29, 0.717) is 19.4 Å². The van der Waals surface area contributed by atoms with E-state index < -0.39 is 0 Å². The van der Waals surface area contributed by atoms with Crippen LogP contribution in [0.5, 0.6) is 0 Å². The smallest absolute Gasteiger partial charge is 0.323 e. The summed E-state index contributed by atoms with van der Waals surface area (Å²) in [5, 5.41) is 3.16. The van der Waals surface area contributed by atoms with Crippen molar-refractivity contribution in [2.45, 2.75) is 32.2 Å². The minimum atomic E-state index is -0.266. The van der Waals surface area contributed by atoms with Crippen LogP contribution in [0.25, 0.3) is 0 Å². The van der Waals surface area contributed by atoms with Crippen molar-refractivity contribution in [3.8, 4) is 0 Å². The van der Waals surface area contributed by atoms with E-state index in [4.69, 9.17) is 4.74 Å². The predicted molar refractivity (Wildman–Crippen MR) is 76.5 cm³/mol. The van der Waals surface area contributed by atoms with Gasteiger partial charge in [0.05, 0.1) is 6.61 Å². The molecule has 0 aliphatic carbocycles. The number of ether oxygens (including phenoxy) is 1. The molecule has 0 saturated carbocycles. The lowest BCUT2D eigenvalue weighted by Crippen LogP contribution is -2.44. The molecule has 2 unspecified atom stereocenters. The summed E-state index contributed by atoms with van der Waals surface area (Å²) in [5.74, 6) is 0.197. The number of esters is 1. The van der Waals surface area contributed by atoms with E-state index >= 15 is 0 Å². The Morgan fingerprint density at radius 1 is 1.30 bits per heavy atom. The third-order valence-corrected chi connectivity index (χ3v) is 3.65. The molecule has 0 spiro atoms. The van der Waals surface area contributed by atoms with Crippen LogP contribution >= 0.6 is 0 Å². The molecule has 1 aliphatic heterocycles. The number of carbonyl (C=O) groups is 2. The quantitative estimate of drug-likeness (QED) is 0.661. The lowest BCUT2D eigenvalue weighted by Gasteiger charge is -2.28. The molecule has 1 aliphatic rings. The van der Waals surface area contributed by atoms with Gasteiger partial charge in [-0.2, -0.15) is 0 Å². The highest BCUT2D eigenvalue weighted by Crippen LogP contribution is 2.22. The van der Waals surface area contributed by atoms with Gasteiger partial charge in [-0.05, 0) is 32.2 Å². The summed E-state index contributed by atoms with van der Waals surface area (Å²) < 4.78 is 5.03. The van der Waals surface area contributed by atoms with Crippen molar-refractivity contribution in [3.63, 3.8) is 0 Å². The molecule has 1 aromatic carbocycles. The van der Waals surface area contributed by atoms with Crippen LogP contribution in [-0.4, -0.2) is 30.9 Å². The minimum Gasteiger partial charge on any atom is -0.465 e. The number of hydrogen-bond donors (Lipinski definition) is 1. The van der Waals surface area contributed by atoms with Crippen LogP contribution < -0.4 is 5.32 Å². The average molecular weight is 275 g/mol. The van der Waals surface area contributed by atoms with Gasteiger partial charge in [-0.25, -0.2) is 0 Å². The zero-order chi connectivity index (χ0) is 14.4. The zero-order valence-electron chi connectivity index (χ0n) is 11.8. The van der Waals surface area contributed by atoms with E-state index in [0.717, 1.165) is 18.5 Å². The number of nitrogens with one attached hydrogen (secondary N) is 1. The first-order chi connectivity index (χ1) is 9.70. The van der Waals surface area contributed by atoms with Gasteiger partial charge in [0.2, 0.25) is 0 Å². The molecule has 0 radical (unpaired) electrons. The van der Waals surface area contributed by atoms with Gasteiger partial charge in [0.15, 0.2) is 5.78 Å². The van der Waals surface area contributed by atoms with Crippen LogP contribution in [0, 0.1) is 5.92 Å². The summed E-state index contributed by atoms with van der Waals surface area (Å²) in [5.41, 5.74) is 0.749. The average Bonchev–Trinajstić information content (AvgIpc) is 2.48. The topological polar surface area (TPSA) is 55.4 Å². The Morgan fingerprint density at radius 3 is 2.75 bits per heavy atom. The maximum Gasteiger partial charge on any atom is 0.323 e. The Morgan fingerprint density at radius 2 is 2.05 bits per heavy atom. The molecule has 2 atom stereocenters. The van der Waals surface area contributed by atoms with Crippen molar-refractivity contribution in [3.05, 3.63) is 35.9 Å². The number of hydrogen-bond acceptors (Lipinski definition) is 4. The number of benzene rings is 1. The molecule has 4 nitrogen and oxygen atoms in total. The van der Waals surface area contributed by atoms with Crippen LogP contribution in [0.4, 0.5) is 0 Å². The largest absolute Gasteiger partial charge is 0.465 e. The van der Waals surface area contributed by atoms with E-state index in [1.807, 2.05) is 30.3 Å². The van der Waals surface area contributed by atoms with Crippen molar-refractivity contribution in [2.24, 2.45) is 5.92 Å². The Hall–Kier alpha value is -1.68. The van der Waals surface area contributed by atoms with Crippen LogP contribution in [0.3, 0.4) is 0 Å². The third-order valence-electron chi connectivity index (χ3n) is 3.65. The summed E-state index contributed by atoms with van der Waals surface area (Å²) in [6.45, 7) is 2.96. The van der Waals surface area contributed by atoms with Gasteiger partial charge in [-0.3, -0.25) is 9.59 Å². The molecule has 1 N–H and O–H groups in total. The van der Waals surface area contributed by atoms with Gasteiger partial charge in [0, 0.05) is 12.0 Å². The first kappa shape index (κ1) is 14.7. The number of ketones is 1. The van der Waals surface area contributed by atoms with E-state index in [-0.39, 0.29) is 23.7 Å². The molecule has 0 bridgehead atoms. The molecular weight excluding hydrogens is 254 g/mol.